The van der Waals surface area contributed by atoms with E-state index in [1.54, 1.807) is 14.2 Å². The van der Waals surface area contributed by atoms with Crippen LogP contribution < -0.4 is 14.8 Å². The highest BCUT2D eigenvalue weighted by atomic mass is 32.1. The molecule has 2 aromatic rings. The first kappa shape index (κ1) is 18.2. The highest BCUT2D eigenvalue weighted by Crippen LogP contribution is 2.55. The highest BCUT2D eigenvalue weighted by molar-refractivity contribution is 7.15. The van der Waals surface area contributed by atoms with Gasteiger partial charge in [-0.1, -0.05) is 30.2 Å². The Morgan fingerprint density at radius 1 is 1.11 bits per heavy atom. The molecule has 4 rings (SSSR count). The molecule has 2 unspecified atom stereocenters. The summed E-state index contributed by atoms with van der Waals surface area (Å²) in [7, 11) is 3.27. The summed E-state index contributed by atoms with van der Waals surface area (Å²) in [4.78, 5) is 12.5. The topological polar surface area (TPSA) is 73.3 Å². The molecule has 0 saturated heterocycles. The Hall–Kier alpha value is -2.15. The van der Waals surface area contributed by atoms with Gasteiger partial charge in [0, 0.05) is 12.3 Å². The van der Waals surface area contributed by atoms with Gasteiger partial charge in [0.1, 0.15) is 5.01 Å². The third-order valence-corrected chi connectivity index (χ3v) is 6.63. The van der Waals surface area contributed by atoms with Gasteiger partial charge in [-0.2, -0.15) is 0 Å². The number of amides is 1. The number of hydrogen-bond acceptors (Lipinski definition) is 6. The van der Waals surface area contributed by atoms with Gasteiger partial charge in [0.15, 0.2) is 11.5 Å². The molecule has 0 spiro atoms. The first-order valence-corrected chi connectivity index (χ1v) is 10.4. The number of anilines is 1. The van der Waals surface area contributed by atoms with Crippen LogP contribution >= 0.6 is 11.3 Å². The zero-order valence-electron chi connectivity index (χ0n) is 15.7. The van der Waals surface area contributed by atoms with E-state index in [-0.39, 0.29) is 11.8 Å². The normalized spacial score (nSPS) is 23.4. The van der Waals surface area contributed by atoms with Crippen LogP contribution in [0.25, 0.3) is 0 Å². The van der Waals surface area contributed by atoms with Crippen LogP contribution in [0.15, 0.2) is 18.2 Å². The minimum absolute atomic E-state index is 0.134. The van der Waals surface area contributed by atoms with E-state index >= 15 is 0 Å². The Morgan fingerprint density at radius 2 is 1.85 bits per heavy atom. The fourth-order valence-electron chi connectivity index (χ4n) is 4.26. The van der Waals surface area contributed by atoms with Crippen LogP contribution in [0.2, 0.25) is 0 Å². The summed E-state index contributed by atoms with van der Waals surface area (Å²) in [5, 5.41) is 12.9. The third kappa shape index (κ3) is 3.93. The molecule has 27 heavy (non-hydrogen) atoms. The van der Waals surface area contributed by atoms with Crippen molar-refractivity contribution in [3.63, 3.8) is 0 Å². The van der Waals surface area contributed by atoms with Crippen LogP contribution in [0.1, 0.15) is 36.3 Å². The second kappa shape index (κ2) is 7.84. The van der Waals surface area contributed by atoms with Gasteiger partial charge in [-0.3, -0.25) is 4.79 Å². The average molecular weight is 388 g/mol. The highest BCUT2D eigenvalue weighted by Gasteiger charge is 2.54. The van der Waals surface area contributed by atoms with Gasteiger partial charge in [-0.25, -0.2) is 0 Å². The average Bonchev–Trinajstić information content (AvgIpc) is 3.28. The molecular weight excluding hydrogens is 362 g/mol. The molecule has 6 nitrogen and oxygen atoms in total. The number of hydrogen-bond donors (Lipinski definition) is 1. The molecule has 1 N–H and O–H groups in total. The lowest BCUT2D eigenvalue weighted by Gasteiger charge is -2.08. The Labute approximate surface area is 163 Å². The molecule has 0 bridgehead atoms. The Morgan fingerprint density at radius 3 is 2.56 bits per heavy atom. The number of ether oxygens (including phenoxy) is 2. The van der Waals surface area contributed by atoms with Crippen molar-refractivity contribution >= 4 is 22.4 Å². The molecule has 0 aliphatic heterocycles. The number of benzene rings is 1. The van der Waals surface area contributed by atoms with Crippen molar-refractivity contribution in [3.05, 3.63) is 28.8 Å². The molecule has 1 heterocycles. The third-order valence-electron chi connectivity index (χ3n) is 5.73. The van der Waals surface area contributed by atoms with E-state index in [9.17, 15) is 4.79 Å². The lowest BCUT2D eigenvalue weighted by Crippen LogP contribution is -2.15. The fourth-order valence-corrected chi connectivity index (χ4v) is 5.00. The molecule has 0 radical (unpaired) electrons. The second-order valence-electron chi connectivity index (χ2n) is 7.32. The van der Waals surface area contributed by atoms with Crippen molar-refractivity contribution in [2.75, 3.05) is 19.5 Å². The van der Waals surface area contributed by atoms with Crippen molar-refractivity contribution in [2.45, 2.75) is 38.5 Å². The van der Waals surface area contributed by atoms with Crippen molar-refractivity contribution in [2.24, 2.45) is 17.8 Å². The standard InChI is InChI=1S/C20H25N3O3S/c1-25-15-9-7-12(11-16(15)26-2)8-10-17-22-23-20(27-17)21-19(24)18-13-5-3-4-6-14(13)18/h7,9,11,13-14,18H,3-6,8,10H2,1-2H3,(H,21,23,24). The van der Waals surface area contributed by atoms with Crippen molar-refractivity contribution in [1.82, 2.24) is 10.2 Å². The number of fused-ring (bicyclic) bond motifs is 1. The van der Waals surface area contributed by atoms with Crippen LogP contribution in [0.3, 0.4) is 0 Å². The Bertz CT molecular complexity index is 811. The van der Waals surface area contributed by atoms with Gasteiger partial charge < -0.3 is 14.8 Å². The summed E-state index contributed by atoms with van der Waals surface area (Å²) < 4.78 is 10.6. The molecule has 1 aromatic carbocycles. The van der Waals surface area contributed by atoms with Crippen LogP contribution in [0.5, 0.6) is 11.5 Å². The van der Waals surface area contributed by atoms with Crippen molar-refractivity contribution in [1.29, 1.82) is 0 Å². The van der Waals surface area contributed by atoms with Crippen LogP contribution in [-0.4, -0.2) is 30.3 Å². The van der Waals surface area contributed by atoms with E-state index in [2.05, 4.69) is 15.5 Å². The summed E-state index contributed by atoms with van der Waals surface area (Å²) in [6, 6.07) is 5.92. The molecule has 7 heteroatoms. The smallest absolute Gasteiger partial charge is 0.229 e. The maximum absolute atomic E-state index is 12.5. The van der Waals surface area contributed by atoms with Crippen LogP contribution in [0, 0.1) is 17.8 Å². The number of rotatable bonds is 7. The fraction of sp³-hybridized carbons (Fsp3) is 0.550. The lowest BCUT2D eigenvalue weighted by molar-refractivity contribution is -0.117. The van der Waals surface area contributed by atoms with Gasteiger partial charge in [0.2, 0.25) is 11.0 Å². The van der Waals surface area contributed by atoms with Crippen LogP contribution in [0.4, 0.5) is 5.13 Å². The predicted molar refractivity (Wildman–Crippen MR) is 104 cm³/mol. The zero-order valence-corrected chi connectivity index (χ0v) is 16.6. The van der Waals surface area contributed by atoms with Gasteiger partial charge in [-0.15, -0.1) is 10.2 Å². The van der Waals surface area contributed by atoms with E-state index in [0.29, 0.717) is 17.0 Å². The van der Waals surface area contributed by atoms with Gasteiger partial charge >= 0.3 is 0 Å². The number of carbonyl (C=O) groups excluding carboxylic acids is 1. The molecule has 144 valence electrons. The summed E-state index contributed by atoms with van der Waals surface area (Å²) in [6.45, 7) is 0. The van der Waals surface area contributed by atoms with E-state index in [1.807, 2.05) is 18.2 Å². The molecule has 2 atom stereocenters. The summed E-state index contributed by atoms with van der Waals surface area (Å²) in [6.07, 6.45) is 6.55. The number of nitrogens with one attached hydrogen (secondary N) is 1. The predicted octanol–water partition coefficient (Wildman–Crippen LogP) is 3.72. The molecule has 2 aliphatic rings. The summed E-state index contributed by atoms with van der Waals surface area (Å²) in [5.74, 6) is 3.00. The minimum atomic E-state index is 0.134. The number of methoxy groups -OCH3 is 2. The largest absolute Gasteiger partial charge is 0.493 e. The monoisotopic (exact) mass is 387 g/mol. The van der Waals surface area contributed by atoms with E-state index in [0.717, 1.165) is 34.9 Å². The molecule has 2 saturated carbocycles. The van der Waals surface area contributed by atoms with E-state index in [1.165, 1.54) is 37.0 Å². The number of nitrogens with zero attached hydrogens (tertiary/aromatic N) is 2. The molecule has 1 aromatic heterocycles. The van der Waals surface area contributed by atoms with Crippen molar-refractivity contribution < 1.29 is 14.3 Å². The maximum atomic E-state index is 12.5. The Balaban J connectivity index is 1.31. The van der Waals surface area contributed by atoms with Gasteiger partial charge in [-0.05, 0) is 48.8 Å². The maximum Gasteiger partial charge on any atom is 0.229 e. The lowest BCUT2D eigenvalue weighted by atomic mass is 10.0. The molecule has 1 amide bonds. The minimum Gasteiger partial charge on any atom is -0.493 e. The first-order valence-electron chi connectivity index (χ1n) is 9.53. The van der Waals surface area contributed by atoms with Crippen molar-refractivity contribution in [3.8, 4) is 11.5 Å². The summed E-state index contributed by atoms with van der Waals surface area (Å²) >= 11 is 1.47. The number of aryl methyl sites for hydroxylation is 2. The molecule has 2 aliphatic carbocycles. The number of aromatic nitrogens is 2. The van der Waals surface area contributed by atoms with E-state index in [4.69, 9.17) is 9.47 Å². The molecular formula is C20H25N3O3S. The first-order chi connectivity index (χ1) is 13.2. The SMILES string of the molecule is COc1ccc(CCc2nnc(NC(=O)C3C4CCCCC43)s2)cc1OC. The molecule has 2 fully saturated rings. The van der Waals surface area contributed by atoms with E-state index < -0.39 is 0 Å². The van der Waals surface area contributed by atoms with Gasteiger partial charge in [0.05, 0.1) is 14.2 Å². The Kier molecular flexibility index (Phi) is 5.29. The zero-order chi connectivity index (χ0) is 18.8. The number of carbonyl (C=O) groups is 1. The summed E-state index contributed by atoms with van der Waals surface area (Å²) in [5.41, 5.74) is 1.15. The quantitative estimate of drug-likeness (QED) is 0.784. The second-order valence-corrected chi connectivity index (χ2v) is 8.38. The van der Waals surface area contributed by atoms with Gasteiger partial charge in [0.25, 0.3) is 0 Å². The van der Waals surface area contributed by atoms with Crippen LogP contribution in [-0.2, 0) is 17.6 Å².